The summed E-state index contributed by atoms with van der Waals surface area (Å²) in [5.74, 6) is -0.957. The predicted octanol–water partition coefficient (Wildman–Crippen LogP) is 4.25. The van der Waals surface area contributed by atoms with Crippen molar-refractivity contribution < 1.29 is 35.9 Å². The Bertz CT molecular complexity index is 963. The van der Waals surface area contributed by atoms with Gasteiger partial charge in [0.15, 0.2) is 0 Å². The number of hydrogen-bond acceptors (Lipinski definition) is 2. The zero-order valence-corrected chi connectivity index (χ0v) is 16.1. The quantitative estimate of drug-likeness (QED) is 0.665. The molecule has 10 heteroatoms. The first-order valence-corrected chi connectivity index (χ1v) is 9.35. The van der Waals surface area contributed by atoms with Gasteiger partial charge in [-0.05, 0) is 29.8 Å². The number of carbonyl (C=O) groups excluding carboxylic acids is 2. The lowest BCUT2D eigenvalue weighted by atomic mass is 10.1. The maximum atomic E-state index is 12.9. The van der Waals surface area contributed by atoms with Crippen LogP contribution in [0, 0.1) is 0 Å². The molecular formula is C21H18F6N2O2. The molecule has 0 radical (unpaired) electrons. The molecule has 0 aromatic heterocycles. The molecule has 1 saturated heterocycles. The summed E-state index contributed by atoms with van der Waals surface area (Å²) in [5, 5.41) is 0. The molecule has 0 unspecified atom stereocenters. The molecule has 0 N–H and O–H groups in total. The van der Waals surface area contributed by atoms with Gasteiger partial charge in [-0.15, -0.1) is 0 Å². The number of benzene rings is 2. The van der Waals surface area contributed by atoms with Crippen LogP contribution in [0.5, 0.6) is 0 Å². The molecule has 4 nitrogen and oxygen atoms in total. The average Bonchev–Trinajstić information content (AvgIpc) is 2.72. The maximum absolute atomic E-state index is 12.9. The van der Waals surface area contributed by atoms with E-state index in [0.717, 1.165) is 30.3 Å². The third-order valence-corrected chi connectivity index (χ3v) is 4.97. The number of piperazine rings is 1. The summed E-state index contributed by atoms with van der Waals surface area (Å²) in [4.78, 5) is 27.8. The van der Waals surface area contributed by atoms with E-state index in [1.165, 1.54) is 28.0 Å². The second-order valence-corrected chi connectivity index (χ2v) is 7.13. The zero-order chi connectivity index (χ0) is 22.8. The smallest absolute Gasteiger partial charge is 0.339 e. The lowest BCUT2D eigenvalue weighted by molar-refractivity contribution is -0.138. The first-order chi connectivity index (χ1) is 14.4. The van der Waals surface area contributed by atoms with Gasteiger partial charge in [-0.2, -0.15) is 26.3 Å². The Kier molecular flexibility index (Phi) is 6.28. The van der Waals surface area contributed by atoms with Crippen molar-refractivity contribution in [2.75, 3.05) is 26.2 Å². The Morgan fingerprint density at radius 3 is 1.84 bits per heavy atom. The number of amides is 2. The van der Waals surface area contributed by atoms with Crippen LogP contribution in [0.25, 0.3) is 0 Å². The van der Waals surface area contributed by atoms with Crippen LogP contribution < -0.4 is 0 Å². The summed E-state index contributed by atoms with van der Waals surface area (Å²) in [7, 11) is 0. The Balaban J connectivity index is 1.59. The van der Waals surface area contributed by atoms with Crippen LogP contribution in [0.2, 0.25) is 0 Å². The predicted molar refractivity (Wildman–Crippen MR) is 99.1 cm³/mol. The standard InChI is InChI=1S/C21H18F6N2O2/c22-20(23,24)16-5-1-3-14(11-16)12-18(30)28-7-9-29(10-8-28)19(31)15-4-2-6-17(13-15)21(25,26)27/h1-6,11,13H,7-10,12H2. The average molecular weight is 444 g/mol. The van der Waals surface area contributed by atoms with Gasteiger partial charge in [-0.3, -0.25) is 9.59 Å². The molecule has 1 heterocycles. The molecule has 0 spiro atoms. The van der Waals surface area contributed by atoms with Gasteiger partial charge in [0.25, 0.3) is 5.91 Å². The number of alkyl halides is 6. The molecule has 0 bridgehead atoms. The highest BCUT2D eigenvalue weighted by atomic mass is 19.4. The Morgan fingerprint density at radius 2 is 1.26 bits per heavy atom. The minimum Gasteiger partial charge on any atom is -0.339 e. The fourth-order valence-corrected chi connectivity index (χ4v) is 3.31. The summed E-state index contributed by atoms with van der Waals surface area (Å²) in [6, 6.07) is 8.62. The van der Waals surface area contributed by atoms with Crippen LogP contribution in [-0.2, 0) is 23.6 Å². The monoisotopic (exact) mass is 444 g/mol. The largest absolute Gasteiger partial charge is 0.416 e. The molecule has 0 atom stereocenters. The van der Waals surface area contributed by atoms with Crippen LogP contribution >= 0.6 is 0 Å². The molecule has 2 aromatic carbocycles. The minimum atomic E-state index is -4.56. The van der Waals surface area contributed by atoms with Crippen LogP contribution in [0.4, 0.5) is 26.3 Å². The van der Waals surface area contributed by atoms with E-state index < -0.39 is 29.4 Å². The first-order valence-electron chi connectivity index (χ1n) is 9.35. The Labute approximate surface area is 174 Å². The Hall–Kier alpha value is -3.04. The maximum Gasteiger partial charge on any atom is 0.416 e. The Morgan fingerprint density at radius 1 is 0.742 bits per heavy atom. The van der Waals surface area contributed by atoms with E-state index >= 15 is 0 Å². The molecule has 31 heavy (non-hydrogen) atoms. The normalized spacial score (nSPS) is 15.2. The van der Waals surface area contributed by atoms with Gasteiger partial charge in [0.05, 0.1) is 17.5 Å². The molecule has 3 rings (SSSR count). The van der Waals surface area contributed by atoms with Crippen LogP contribution in [0.15, 0.2) is 48.5 Å². The van der Waals surface area contributed by atoms with E-state index in [9.17, 15) is 35.9 Å². The van der Waals surface area contributed by atoms with Crippen molar-refractivity contribution in [2.45, 2.75) is 18.8 Å². The van der Waals surface area contributed by atoms with Crippen LogP contribution in [0.3, 0.4) is 0 Å². The van der Waals surface area contributed by atoms with Gasteiger partial charge in [-0.25, -0.2) is 0 Å². The summed E-state index contributed by atoms with van der Waals surface area (Å²) in [6.07, 6.45) is -9.29. The van der Waals surface area contributed by atoms with E-state index in [4.69, 9.17) is 0 Å². The third-order valence-electron chi connectivity index (χ3n) is 4.97. The highest BCUT2D eigenvalue weighted by Crippen LogP contribution is 2.30. The summed E-state index contributed by atoms with van der Waals surface area (Å²) < 4.78 is 77.0. The molecule has 0 saturated carbocycles. The second-order valence-electron chi connectivity index (χ2n) is 7.13. The van der Waals surface area contributed by atoms with Crippen molar-refractivity contribution >= 4 is 11.8 Å². The SMILES string of the molecule is O=C(Cc1cccc(C(F)(F)F)c1)N1CCN(C(=O)c2cccc(C(F)(F)F)c2)CC1. The lowest BCUT2D eigenvalue weighted by Gasteiger charge is -2.35. The minimum absolute atomic E-state index is 0.0985. The van der Waals surface area contributed by atoms with E-state index in [1.807, 2.05) is 0 Å². The molecule has 2 aromatic rings. The molecule has 2 amide bonds. The molecular weight excluding hydrogens is 426 g/mol. The van der Waals surface area contributed by atoms with Crippen LogP contribution in [0.1, 0.15) is 27.0 Å². The van der Waals surface area contributed by atoms with Crippen molar-refractivity contribution in [3.63, 3.8) is 0 Å². The summed E-state index contributed by atoms with van der Waals surface area (Å²) >= 11 is 0. The van der Waals surface area contributed by atoms with E-state index in [-0.39, 0.29) is 49.6 Å². The van der Waals surface area contributed by atoms with Crippen molar-refractivity contribution in [3.8, 4) is 0 Å². The van der Waals surface area contributed by atoms with E-state index in [1.54, 1.807) is 0 Å². The van der Waals surface area contributed by atoms with E-state index in [2.05, 4.69) is 0 Å². The van der Waals surface area contributed by atoms with E-state index in [0.29, 0.717) is 0 Å². The molecule has 1 aliphatic heterocycles. The van der Waals surface area contributed by atoms with Gasteiger partial charge in [0.1, 0.15) is 0 Å². The number of halogens is 6. The zero-order valence-electron chi connectivity index (χ0n) is 16.1. The first kappa shape index (κ1) is 22.6. The fraction of sp³-hybridized carbons (Fsp3) is 0.333. The number of rotatable bonds is 3. The number of nitrogens with zero attached hydrogens (tertiary/aromatic N) is 2. The van der Waals surface area contributed by atoms with Gasteiger partial charge < -0.3 is 9.80 Å². The van der Waals surface area contributed by atoms with Gasteiger partial charge in [0.2, 0.25) is 5.91 Å². The van der Waals surface area contributed by atoms with Crippen molar-refractivity contribution in [1.29, 1.82) is 0 Å². The van der Waals surface area contributed by atoms with Crippen molar-refractivity contribution in [2.24, 2.45) is 0 Å². The number of carbonyl (C=O) groups is 2. The van der Waals surface area contributed by atoms with Crippen molar-refractivity contribution in [1.82, 2.24) is 9.80 Å². The summed E-state index contributed by atoms with van der Waals surface area (Å²) in [6.45, 7) is 0.512. The van der Waals surface area contributed by atoms with Gasteiger partial charge in [-0.1, -0.05) is 24.3 Å². The third kappa shape index (κ3) is 5.56. The topological polar surface area (TPSA) is 40.6 Å². The molecule has 166 valence electrons. The highest BCUT2D eigenvalue weighted by Gasteiger charge is 2.32. The summed E-state index contributed by atoms with van der Waals surface area (Å²) in [5.41, 5.74) is -1.64. The van der Waals surface area contributed by atoms with Gasteiger partial charge >= 0.3 is 12.4 Å². The molecule has 1 aliphatic rings. The lowest BCUT2D eigenvalue weighted by Crippen LogP contribution is -2.51. The second kappa shape index (κ2) is 8.60. The molecule has 1 fully saturated rings. The number of hydrogen-bond donors (Lipinski definition) is 0. The highest BCUT2D eigenvalue weighted by molar-refractivity contribution is 5.94. The molecule has 0 aliphatic carbocycles. The van der Waals surface area contributed by atoms with Crippen LogP contribution in [-0.4, -0.2) is 47.8 Å². The van der Waals surface area contributed by atoms with Crippen molar-refractivity contribution in [3.05, 3.63) is 70.8 Å². The fourth-order valence-electron chi connectivity index (χ4n) is 3.31. The van der Waals surface area contributed by atoms with Gasteiger partial charge in [0, 0.05) is 31.7 Å².